The maximum Gasteiger partial charge on any atom is 0.254 e. The number of hydrogen-bond donors (Lipinski definition) is 0. The van der Waals surface area contributed by atoms with E-state index in [4.69, 9.17) is 0 Å². The largest absolute Gasteiger partial charge is 0.337 e. The van der Waals surface area contributed by atoms with Crippen LogP contribution in [0.25, 0.3) is 0 Å². The van der Waals surface area contributed by atoms with Gasteiger partial charge in [0, 0.05) is 43.3 Å². The van der Waals surface area contributed by atoms with Crippen molar-refractivity contribution in [3.8, 4) is 0 Å². The summed E-state index contributed by atoms with van der Waals surface area (Å²) in [6, 6.07) is 11.8. The molecule has 2 saturated heterocycles. The minimum absolute atomic E-state index is 0.0661. The fraction of sp³-hybridized carbons (Fsp3) is 0.444. The van der Waals surface area contributed by atoms with E-state index in [-0.39, 0.29) is 29.3 Å². The van der Waals surface area contributed by atoms with E-state index >= 15 is 0 Å². The van der Waals surface area contributed by atoms with Gasteiger partial charge in [0.25, 0.3) is 11.8 Å². The van der Waals surface area contributed by atoms with E-state index in [0.29, 0.717) is 44.1 Å². The van der Waals surface area contributed by atoms with Crippen LogP contribution in [-0.2, 0) is 4.79 Å². The third-order valence-electron chi connectivity index (χ3n) is 7.67. The summed E-state index contributed by atoms with van der Waals surface area (Å²) in [5.41, 5.74) is 0.682. The predicted molar refractivity (Wildman–Crippen MR) is 126 cm³/mol. The van der Waals surface area contributed by atoms with E-state index in [1.807, 2.05) is 23.1 Å². The second-order valence-corrected chi connectivity index (χ2v) is 9.69. The molecule has 35 heavy (non-hydrogen) atoms. The monoisotopic (exact) mass is 481 g/mol. The van der Waals surface area contributed by atoms with E-state index in [9.17, 15) is 23.2 Å². The van der Waals surface area contributed by atoms with Crippen LogP contribution >= 0.6 is 0 Å². The van der Waals surface area contributed by atoms with Gasteiger partial charge in [-0.15, -0.1) is 0 Å². The number of piperazine rings is 1. The van der Waals surface area contributed by atoms with Gasteiger partial charge in [-0.25, -0.2) is 8.78 Å². The molecule has 2 aliphatic heterocycles. The van der Waals surface area contributed by atoms with E-state index in [1.165, 1.54) is 6.07 Å². The number of fused-ring (bicyclic) bond motifs is 1. The number of carbonyl (C=O) groups excluding carboxylic acids is 3. The summed E-state index contributed by atoms with van der Waals surface area (Å²) in [6.45, 7) is 1.28. The SMILES string of the molecule is O=C(c1ccc(F)c(F)c1)N1CCN(C(=O)C2CC3CCCCC3N2C(=O)c2ccccc2)CC1. The maximum atomic E-state index is 13.7. The first kappa shape index (κ1) is 23.5. The summed E-state index contributed by atoms with van der Waals surface area (Å²) in [4.78, 5) is 45.0. The Balaban J connectivity index is 1.28. The number of hydrogen-bond acceptors (Lipinski definition) is 3. The number of amides is 3. The highest BCUT2D eigenvalue weighted by Crippen LogP contribution is 2.41. The molecule has 1 saturated carbocycles. The molecule has 0 bridgehead atoms. The van der Waals surface area contributed by atoms with Crippen LogP contribution in [0.2, 0.25) is 0 Å². The molecule has 3 unspecified atom stereocenters. The highest BCUT2D eigenvalue weighted by molar-refractivity contribution is 5.98. The number of rotatable bonds is 3. The van der Waals surface area contributed by atoms with Gasteiger partial charge in [0.05, 0.1) is 0 Å². The number of halogens is 2. The molecule has 0 radical (unpaired) electrons. The van der Waals surface area contributed by atoms with Crippen molar-refractivity contribution in [2.45, 2.75) is 44.2 Å². The van der Waals surface area contributed by atoms with E-state index in [2.05, 4.69) is 0 Å². The highest BCUT2D eigenvalue weighted by Gasteiger charge is 2.48. The number of benzene rings is 2. The lowest BCUT2D eigenvalue weighted by atomic mass is 9.84. The summed E-state index contributed by atoms with van der Waals surface area (Å²) in [5, 5.41) is 0. The quantitative estimate of drug-likeness (QED) is 0.672. The summed E-state index contributed by atoms with van der Waals surface area (Å²) in [7, 11) is 0. The third-order valence-corrected chi connectivity index (χ3v) is 7.67. The molecule has 6 nitrogen and oxygen atoms in total. The molecular formula is C27H29F2N3O3. The Bertz CT molecular complexity index is 1120. The van der Waals surface area contributed by atoms with Crippen molar-refractivity contribution in [1.82, 2.24) is 14.7 Å². The zero-order valence-electron chi connectivity index (χ0n) is 19.5. The van der Waals surface area contributed by atoms with Crippen LogP contribution in [0.1, 0.15) is 52.8 Å². The first-order valence-electron chi connectivity index (χ1n) is 12.3. The fourth-order valence-corrected chi connectivity index (χ4v) is 5.85. The predicted octanol–water partition coefficient (Wildman–Crippen LogP) is 3.72. The Labute approximate surface area is 203 Å². The molecule has 3 aliphatic rings. The average molecular weight is 482 g/mol. The molecule has 8 heteroatoms. The van der Waals surface area contributed by atoms with E-state index < -0.39 is 17.7 Å². The first-order chi connectivity index (χ1) is 16.9. The van der Waals surface area contributed by atoms with Gasteiger partial charge >= 0.3 is 0 Å². The molecule has 2 heterocycles. The molecule has 3 amide bonds. The number of likely N-dealkylation sites (tertiary alicyclic amines) is 1. The summed E-state index contributed by atoms with van der Waals surface area (Å²) >= 11 is 0. The van der Waals surface area contributed by atoms with Crippen molar-refractivity contribution >= 4 is 17.7 Å². The van der Waals surface area contributed by atoms with E-state index in [0.717, 1.165) is 37.8 Å². The van der Waals surface area contributed by atoms with Gasteiger partial charge in [-0.05, 0) is 55.5 Å². The van der Waals surface area contributed by atoms with Crippen molar-refractivity contribution < 1.29 is 23.2 Å². The standard InChI is InChI=1S/C27H29F2N3O3/c28-21-11-10-20(16-22(21)29)25(33)30-12-14-31(15-13-30)27(35)24-17-19-8-4-5-9-23(19)32(24)26(34)18-6-2-1-3-7-18/h1-3,6-7,10-11,16,19,23-24H,4-5,8-9,12-15,17H2. The summed E-state index contributed by atoms with van der Waals surface area (Å²) < 4.78 is 26.8. The van der Waals surface area contributed by atoms with Crippen LogP contribution in [0, 0.1) is 17.6 Å². The molecular weight excluding hydrogens is 452 g/mol. The van der Waals surface area contributed by atoms with Gasteiger partial charge < -0.3 is 14.7 Å². The molecule has 0 spiro atoms. The van der Waals surface area contributed by atoms with Crippen LogP contribution in [0.3, 0.4) is 0 Å². The Morgan fingerprint density at radius 1 is 0.743 bits per heavy atom. The molecule has 184 valence electrons. The van der Waals surface area contributed by atoms with Gasteiger partial charge in [0.2, 0.25) is 5.91 Å². The molecule has 0 aromatic heterocycles. The van der Waals surface area contributed by atoms with Crippen LogP contribution in [0.15, 0.2) is 48.5 Å². The minimum Gasteiger partial charge on any atom is -0.337 e. The van der Waals surface area contributed by atoms with Crippen LogP contribution in [0.4, 0.5) is 8.78 Å². The Morgan fingerprint density at radius 2 is 1.43 bits per heavy atom. The Kier molecular flexibility index (Phi) is 6.54. The average Bonchev–Trinajstić information content (AvgIpc) is 3.29. The van der Waals surface area contributed by atoms with Crippen molar-refractivity contribution in [3.63, 3.8) is 0 Å². The van der Waals surface area contributed by atoms with E-state index in [1.54, 1.807) is 21.9 Å². The molecule has 2 aromatic rings. The highest BCUT2D eigenvalue weighted by atomic mass is 19.2. The molecule has 0 N–H and O–H groups in total. The number of carbonyl (C=O) groups is 3. The lowest BCUT2D eigenvalue weighted by molar-refractivity contribution is -0.137. The van der Waals surface area contributed by atoms with Crippen molar-refractivity contribution in [3.05, 3.63) is 71.3 Å². The smallest absolute Gasteiger partial charge is 0.254 e. The summed E-state index contributed by atoms with van der Waals surface area (Å²) in [5.74, 6) is -2.27. The molecule has 2 aromatic carbocycles. The minimum atomic E-state index is -1.06. The van der Waals surface area contributed by atoms with Gasteiger partial charge in [-0.2, -0.15) is 0 Å². The van der Waals surface area contributed by atoms with Crippen LogP contribution in [-0.4, -0.2) is 70.7 Å². The van der Waals surface area contributed by atoms with Crippen LogP contribution < -0.4 is 0 Å². The van der Waals surface area contributed by atoms with Gasteiger partial charge in [0.1, 0.15) is 6.04 Å². The zero-order chi connectivity index (χ0) is 24.5. The second-order valence-electron chi connectivity index (χ2n) is 9.69. The fourth-order valence-electron chi connectivity index (χ4n) is 5.85. The molecule has 5 rings (SSSR count). The topological polar surface area (TPSA) is 60.9 Å². The maximum absolute atomic E-state index is 13.7. The van der Waals surface area contributed by atoms with Gasteiger partial charge in [-0.1, -0.05) is 31.0 Å². The third kappa shape index (κ3) is 4.54. The van der Waals surface area contributed by atoms with Gasteiger partial charge in [-0.3, -0.25) is 14.4 Å². The Morgan fingerprint density at radius 3 is 2.14 bits per heavy atom. The first-order valence-corrected chi connectivity index (χ1v) is 12.3. The Hall–Kier alpha value is -3.29. The second kappa shape index (κ2) is 9.76. The summed E-state index contributed by atoms with van der Waals surface area (Å²) in [6.07, 6.45) is 4.81. The van der Waals surface area contributed by atoms with Crippen LogP contribution in [0.5, 0.6) is 0 Å². The zero-order valence-corrected chi connectivity index (χ0v) is 19.5. The molecule has 1 aliphatic carbocycles. The normalized spacial score (nSPS) is 24.3. The van der Waals surface area contributed by atoms with Gasteiger partial charge in [0.15, 0.2) is 11.6 Å². The van der Waals surface area contributed by atoms with Crippen molar-refractivity contribution in [2.75, 3.05) is 26.2 Å². The van der Waals surface area contributed by atoms with Crippen molar-refractivity contribution in [2.24, 2.45) is 5.92 Å². The molecule has 3 fully saturated rings. The lowest BCUT2D eigenvalue weighted by Gasteiger charge is -2.38. The molecule has 3 atom stereocenters. The lowest BCUT2D eigenvalue weighted by Crippen LogP contribution is -2.56. The number of nitrogens with zero attached hydrogens (tertiary/aromatic N) is 3. The van der Waals surface area contributed by atoms with Crippen molar-refractivity contribution in [1.29, 1.82) is 0 Å².